The van der Waals surface area contributed by atoms with Gasteiger partial charge in [-0.05, 0) is 6.07 Å². The maximum absolute atomic E-state index is 9.50. The highest BCUT2D eigenvalue weighted by Crippen LogP contribution is 1.99. The van der Waals surface area contributed by atoms with Crippen LogP contribution < -0.4 is 4.74 Å². The summed E-state index contributed by atoms with van der Waals surface area (Å²) in [6, 6.07) is 5.54. The van der Waals surface area contributed by atoms with E-state index in [0.717, 1.165) is 0 Å². The van der Waals surface area contributed by atoms with Crippen molar-refractivity contribution in [2.75, 3.05) is 14.3 Å². The van der Waals surface area contributed by atoms with Crippen LogP contribution in [0.1, 0.15) is 0 Å². The number of methoxy groups -OCH3 is 1. The molecule has 1 aromatic rings. The minimum atomic E-state index is 0.500. The van der Waals surface area contributed by atoms with Crippen LogP contribution in [0.4, 0.5) is 4.39 Å². The van der Waals surface area contributed by atoms with Gasteiger partial charge in [0.25, 0.3) is 0 Å². The molecule has 1 rings (SSSR count). The fraction of sp³-hybridized carbons (Fsp3) is 0.286. The van der Waals surface area contributed by atoms with Gasteiger partial charge in [0.2, 0.25) is 5.88 Å². The van der Waals surface area contributed by atoms with Crippen molar-refractivity contribution >= 4 is 0 Å². The van der Waals surface area contributed by atoms with Crippen molar-refractivity contribution in [1.29, 1.82) is 0 Å². The zero-order valence-corrected chi connectivity index (χ0v) is 6.04. The van der Waals surface area contributed by atoms with Crippen molar-refractivity contribution in [3.05, 3.63) is 24.4 Å². The molecule has 0 spiro atoms. The van der Waals surface area contributed by atoms with Crippen molar-refractivity contribution in [3.8, 4) is 5.88 Å². The van der Waals surface area contributed by atoms with Crippen LogP contribution >= 0.6 is 0 Å². The van der Waals surface area contributed by atoms with E-state index in [1.54, 1.807) is 19.4 Å². The van der Waals surface area contributed by atoms with Gasteiger partial charge in [0.05, 0.1) is 14.3 Å². The van der Waals surface area contributed by atoms with Gasteiger partial charge in [0.15, 0.2) is 0 Å². The summed E-state index contributed by atoms with van der Waals surface area (Å²) in [5.74, 6) is 0.660. The molecule has 0 aliphatic rings. The average molecular weight is 143 g/mol. The van der Waals surface area contributed by atoms with Crippen molar-refractivity contribution in [1.82, 2.24) is 4.98 Å². The molecule has 0 saturated carbocycles. The first-order valence-corrected chi connectivity index (χ1v) is 2.76. The molecule has 1 heterocycles. The van der Waals surface area contributed by atoms with E-state index in [9.17, 15) is 4.39 Å². The van der Waals surface area contributed by atoms with Crippen LogP contribution in [0.2, 0.25) is 0 Å². The third-order valence-electron chi connectivity index (χ3n) is 0.847. The number of hydrogen-bond donors (Lipinski definition) is 0. The molecule has 0 fully saturated rings. The van der Waals surface area contributed by atoms with Crippen LogP contribution in [0.3, 0.4) is 0 Å². The van der Waals surface area contributed by atoms with Gasteiger partial charge in [-0.3, -0.25) is 4.39 Å². The van der Waals surface area contributed by atoms with E-state index in [0.29, 0.717) is 13.1 Å². The molecule has 0 N–H and O–H groups in total. The van der Waals surface area contributed by atoms with E-state index in [1.807, 2.05) is 12.1 Å². The Kier molecular flexibility index (Phi) is 5.33. The van der Waals surface area contributed by atoms with Crippen LogP contribution in [-0.2, 0) is 0 Å². The predicted molar refractivity (Wildman–Crippen MR) is 37.8 cm³/mol. The summed E-state index contributed by atoms with van der Waals surface area (Å²) in [5, 5.41) is 0. The molecule has 0 aliphatic heterocycles. The number of hydrogen-bond acceptors (Lipinski definition) is 2. The van der Waals surface area contributed by atoms with E-state index in [4.69, 9.17) is 4.74 Å². The maximum Gasteiger partial charge on any atom is 0.212 e. The molecule has 0 saturated heterocycles. The summed E-state index contributed by atoms with van der Waals surface area (Å²) in [6.07, 6.45) is 1.69. The molecule has 1 aromatic heterocycles. The molecule has 0 unspecified atom stereocenters. The van der Waals surface area contributed by atoms with Crippen LogP contribution in [0.25, 0.3) is 0 Å². The van der Waals surface area contributed by atoms with Gasteiger partial charge in [-0.1, -0.05) is 6.07 Å². The Balaban J connectivity index is 0.000000371. The summed E-state index contributed by atoms with van der Waals surface area (Å²) in [4.78, 5) is 3.88. The highest BCUT2D eigenvalue weighted by atomic mass is 19.1. The summed E-state index contributed by atoms with van der Waals surface area (Å²) >= 11 is 0. The highest BCUT2D eigenvalue weighted by molar-refractivity contribution is 5.08. The average Bonchev–Trinajstić information content (AvgIpc) is 2.10. The number of pyridine rings is 1. The van der Waals surface area contributed by atoms with Gasteiger partial charge in [0.1, 0.15) is 0 Å². The second-order valence-electron chi connectivity index (χ2n) is 1.37. The lowest BCUT2D eigenvalue weighted by Gasteiger charge is -1.92. The lowest BCUT2D eigenvalue weighted by molar-refractivity contribution is 0.398. The van der Waals surface area contributed by atoms with E-state index in [-0.39, 0.29) is 0 Å². The molecule has 56 valence electrons. The van der Waals surface area contributed by atoms with E-state index < -0.39 is 0 Å². The van der Waals surface area contributed by atoms with Crippen molar-refractivity contribution in [2.24, 2.45) is 0 Å². The molecular formula is C7H10FNO. The fourth-order valence-electron chi connectivity index (χ4n) is 0.468. The van der Waals surface area contributed by atoms with Crippen LogP contribution in [0, 0.1) is 0 Å². The van der Waals surface area contributed by atoms with Crippen LogP contribution in [0.15, 0.2) is 24.4 Å². The first kappa shape index (κ1) is 8.88. The summed E-state index contributed by atoms with van der Waals surface area (Å²) in [6.45, 7) is 0. The van der Waals surface area contributed by atoms with Crippen LogP contribution in [-0.4, -0.2) is 19.3 Å². The van der Waals surface area contributed by atoms with E-state index >= 15 is 0 Å². The van der Waals surface area contributed by atoms with Gasteiger partial charge in [-0.2, -0.15) is 0 Å². The minimum Gasteiger partial charge on any atom is -0.481 e. The molecule has 0 amide bonds. The van der Waals surface area contributed by atoms with Crippen molar-refractivity contribution < 1.29 is 9.13 Å². The van der Waals surface area contributed by atoms with E-state index in [1.165, 1.54) is 0 Å². The first-order chi connectivity index (χ1) is 4.93. The Morgan fingerprint density at radius 1 is 1.40 bits per heavy atom. The second kappa shape index (κ2) is 6.01. The zero-order valence-electron chi connectivity index (χ0n) is 6.04. The number of nitrogens with zero attached hydrogens (tertiary/aromatic N) is 1. The lowest BCUT2D eigenvalue weighted by Crippen LogP contribution is -1.83. The lowest BCUT2D eigenvalue weighted by atomic mass is 10.5. The largest absolute Gasteiger partial charge is 0.481 e. The molecule has 2 nitrogen and oxygen atoms in total. The summed E-state index contributed by atoms with van der Waals surface area (Å²) in [5.41, 5.74) is 0. The topological polar surface area (TPSA) is 22.1 Å². The standard InChI is InChI=1S/C6H7NO.CH3F/c1-8-6-4-2-3-5-7-6;1-2/h2-5H,1H3;1H3. The van der Waals surface area contributed by atoms with Gasteiger partial charge in [-0.15, -0.1) is 0 Å². The Morgan fingerprint density at radius 3 is 2.40 bits per heavy atom. The van der Waals surface area contributed by atoms with Gasteiger partial charge in [0, 0.05) is 12.3 Å². The van der Waals surface area contributed by atoms with Crippen molar-refractivity contribution in [3.63, 3.8) is 0 Å². The molecule has 3 heteroatoms. The third kappa shape index (κ3) is 3.02. The quantitative estimate of drug-likeness (QED) is 0.596. The van der Waals surface area contributed by atoms with Gasteiger partial charge in [-0.25, -0.2) is 4.98 Å². The SMILES string of the molecule is CF.COc1ccccn1. The Bertz CT molecular complexity index is 155. The number of aromatic nitrogens is 1. The summed E-state index contributed by atoms with van der Waals surface area (Å²) < 4.78 is 14.3. The second-order valence-corrected chi connectivity index (χ2v) is 1.37. The molecule has 0 atom stereocenters. The Morgan fingerprint density at radius 2 is 2.10 bits per heavy atom. The third-order valence-corrected chi connectivity index (χ3v) is 0.847. The smallest absolute Gasteiger partial charge is 0.212 e. The van der Waals surface area contributed by atoms with E-state index in [2.05, 4.69) is 4.98 Å². The zero-order chi connectivity index (χ0) is 7.82. The van der Waals surface area contributed by atoms with Gasteiger partial charge < -0.3 is 4.74 Å². The normalized spacial score (nSPS) is 7.50. The predicted octanol–water partition coefficient (Wildman–Crippen LogP) is 1.68. The number of ether oxygens (including phenoxy) is 1. The fourth-order valence-corrected chi connectivity index (χ4v) is 0.468. The molecule has 0 bridgehead atoms. The number of rotatable bonds is 1. The number of alkyl halides is 1. The van der Waals surface area contributed by atoms with Gasteiger partial charge >= 0.3 is 0 Å². The Hall–Kier alpha value is -1.12. The molecule has 0 aliphatic carbocycles. The number of halogens is 1. The minimum absolute atomic E-state index is 0.500. The highest BCUT2D eigenvalue weighted by Gasteiger charge is 1.82. The molecule has 0 aromatic carbocycles. The van der Waals surface area contributed by atoms with Crippen LogP contribution in [0.5, 0.6) is 5.88 Å². The maximum atomic E-state index is 9.50. The Labute approximate surface area is 59.7 Å². The van der Waals surface area contributed by atoms with Crippen molar-refractivity contribution in [2.45, 2.75) is 0 Å². The first-order valence-electron chi connectivity index (χ1n) is 2.76. The molecule has 0 radical (unpaired) electrons. The molecule has 10 heavy (non-hydrogen) atoms. The molecular weight excluding hydrogens is 133 g/mol. The monoisotopic (exact) mass is 143 g/mol. The summed E-state index contributed by atoms with van der Waals surface area (Å²) in [7, 11) is 2.10.